The Balaban J connectivity index is 1.88. The molecule has 2 heterocycles. The molecule has 0 radical (unpaired) electrons. The molecule has 0 aromatic carbocycles. The van der Waals surface area contributed by atoms with Crippen molar-refractivity contribution in [3.63, 3.8) is 0 Å². The van der Waals surface area contributed by atoms with Crippen molar-refractivity contribution in [2.45, 2.75) is 32.1 Å². The highest BCUT2D eigenvalue weighted by molar-refractivity contribution is 7.09. The molecule has 2 rings (SSSR count). The van der Waals surface area contributed by atoms with Crippen molar-refractivity contribution >= 4 is 28.8 Å². The first-order valence-electron chi connectivity index (χ1n) is 5.96. The largest absolute Gasteiger partial charge is 0.342 e. The predicted octanol–water partition coefficient (Wildman–Crippen LogP) is 2.68. The van der Waals surface area contributed by atoms with Crippen LogP contribution in [0.25, 0.3) is 0 Å². The summed E-state index contributed by atoms with van der Waals surface area (Å²) in [5, 5.41) is 2.80. The van der Waals surface area contributed by atoms with Gasteiger partial charge in [0.15, 0.2) is 0 Å². The number of piperidine rings is 1. The molecule has 0 aliphatic carbocycles. The Morgan fingerprint density at radius 3 is 2.88 bits per heavy atom. The van der Waals surface area contributed by atoms with Gasteiger partial charge in [0.1, 0.15) is 5.01 Å². The summed E-state index contributed by atoms with van der Waals surface area (Å²) in [6.07, 6.45) is 2.67. The van der Waals surface area contributed by atoms with Gasteiger partial charge >= 0.3 is 0 Å². The van der Waals surface area contributed by atoms with Crippen LogP contribution in [0.5, 0.6) is 0 Å². The predicted molar refractivity (Wildman–Crippen MR) is 70.4 cm³/mol. The van der Waals surface area contributed by atoms with Crippen LogP contribution in [-0.2, 0) is 17.1 Å². The van der Waals surface area contributed by atoms with Gasteiger partial charge in [-0.1, -0.05) is 6.92 Å². The maximum atomic E-state index is 12.0. The number of halogens is 1. The number of amides is 1. The zero-order valence-electron chi connectivity index (χ0n) is 9.99. The Morgan fingerprint density at radius 1 is 1.59 bits per heavy atom. The normalized spacial score (nSPS) is 17.4. The van der Waals surface area contributed by atoms with E-state index in [9.17, 15) is 4.79 Å². The van der Waals surface area contributed by atoms with E-state index in [4.69, 9.17) is 11.6 Å². The third-order valence-electron chi connectivity index (χ3n) is 3.18. The van der Waals surface area contributed by atoms with Crippen molar-refractivity contribution in [1.82, 2.24) is 9.88 Å². The first-order valence-corrected chi connectivity index (χ1v) is 7.37. The lowest BCUT2D eigenvalue weighted by Crippen LogP contribution is -2.38. The maximum absolute atomic E-state index is 12.0. The summed E-state index contributed by atoms with van der Waals surface area (Å²) < 4.78 is 0. The fraction of sp³-hybridized carbons (Fsp3) is 0.667. The fourth-order valence-corrected chi connectivity index (χ4v) is 3.00. The second-order valence-corrected chi connectivity index (χ2v) is 5.82. The first-order chi connectivity index (χ1) is 8.19. The second-order valence-electron chi connectivity index (χ2n) is 4.61. The molecular weight excluding hydrogens is 256 g/mol. The van der Waals surface area contributed by atoms with Gasteiger partial charge in [-0.25, -0.2) is 4.98 Å². The maximum Gasteiger partial charge on any atom is 0.229 e. The van der Waals surface area contributed by atoms with Crippen molar-refractivity contribution in [1.29, 1.82) is 0 Å². The van der Waals surface area contributed by atoms with Gasteiger partial charge in [-0.15, -0.1) is 22.9 Å². The van der Waals surface area contributed by atoms with Crippen molar-refractivity contribution in [3.8, 4) is 0 Å². The standard InChI is InChI=1S/C12H17ClN2OS/c1-9-2-4-15(5-3-9)12(16)6-11-14-10(7-13)8-17-11/h8-9H,2-7H2,1H3. The lowest BCUT2D eigenvalue weighted by Gasteiger charge is -2.30. The van der Waals surface area contributed by atoms with E-state index in [0.717, 1.165) is 42.6 Å². The average Bonchev–Trinajstić information content (AvgIpc) is 2.77. The molecule has 1 aromatic heterocycles. The molecule has 1 aliphatic rings. The van der Waals surface area contributed by atoms with Crippen LogP contribution >= 0.6 is 22.9 Å². The number of likely N-dealkylation sites (tertiary alicyclic amines) is 1. The monoisotopic (exact) mass is 272 g/mol. The van der Waals surface area contributed by atoms with Crippen LogP contribution in [0.15, 0.2) is 5.38 Å². The molecule has 0 bridgehead atoms. The molecule has 1 aromatic rings. The number of nitrogens with zero attached hydrogens (tertiary/aromatic N) is 2. The Morgan fingerprint density at radius 2 is 2.29 bits per heavy atom. The molecular formula is C12H17ClN2OS. The van der Waals surface area contributed by atoms with E-state index in [1.54, 1.807) is 0 Å². The van der Waals surface area contributed by atoms with E-state index in [2.05, 4.69) is 11.9 Å². The molecule has 1 aliphatic heterocycles. The van der Waals surface area contributed by atoms with Crippen LogP contribution in [0.3, 0.4) is 0 Å². The van der Waals surface area contributed by atoms with E-state index in [1.165, 1.54) is 11.3 Å². The summed E-state index contributed by atoms with van der Waals surface area (Å²) in [4.78, 5) is 18.3. The lowest BCUT2D eigenvalue weighted by molar-refractivity contribution is -0.131. The van der Waals surface area contributed by atoms with Gasteiger partial charge in [0.05, 0.1) is 18.0 Å². The topological polar surface area (TPSA) is 33.2 Å². The second kappa shape index (κ2) is 5.83. The molecule has 0 saturated carbocycles. The van der Waals surface area contributed by atoms with Gasteiger partial charge in [-0.3, -0.25) is 4.79 Å². The number of hydrogen-bond donors (Lipinski definition) is 0. The Kier molecular flexibility index (Phi) is 4.40. The molecule has 17 heavy (non-hydrogen) atoms. The number of carbonyl (C=O) groups is 1. The molecule has 1 amide bonds. The fourth-order valence-electron chi connectivity index (χ4n) is 1.99. The summed E-state index contributed by atoms with van der Waals surface area (Å²) in [6.45, 7) is 4.04. The minimum Gasteiger partial charge on any atom is -0.342 e. The Labute approximate surface area is 111 Å². The molecule has 0 spiro atoms. The minimum atomic E-state index is 0.201. The van der Waals surface area contributed by atoms with Crippen LogP contribution in [0.2, 0.25) is 0 Å². The highest BCUT2D eigenvalue weighted by atomic mass is 35.5. The van der Waals surface area contributed by atoms with Crippen molar-refractivity contribution in [2.75, 3.05) is 13.1 Å². The smallest absolute Gasteiger partial charge is 0.229 e. The number of rotatable bonds is 3. The summed E-state index contributed by atoms with van der Waals surface area (Å²) in [5.41, 5.74) is 0.867. The quantitative estimate of drug-likeness (QED) is 0.793. The summed E-state index contributed by atoms with van der Waals surface area (Å²) in [5.74, 6) is 1.38. The number of thiazole rings is 1. The minimum absolute atomic E-state index is 0.201. The number of carbonyl (C=O) groups excluding carboxylic acids is 1. The molecule has 5 heteroatoms. The Bertz CT molecular complexity index is 386. The van der Waals surface area contributed by atoms with Crippen molar-refractivity contribution in [3.05, 3.63) is 16.1 Å². The molecule has 0 atom stereocenters. The Hall–Kier alpha value is -0.610. The molecule has 3 nitrogen and oxygen atoms in total. The highest BCUT2D eigenvalue weighted by Gasteiger charge is 2.21. The first kappa shape index (κ1) is 12.8. The van der Waals surface area contributed by atoms with Gasteiger partial charge in [0.25, 0.3) is 0 Å². The summed E-state index contributed by atoms with van der Waals surface area (Å²) >= 11 is 7.21. The zero-order valence-corrected chi connectivity index (χ0v) is 11.6. The van der Waals surface area contributed by atoms with E-state index in [-0.39, 0.29) is 5.91 Å². The lowest BCUT2D eigenvalue weighted by atomic mass is 9.99. The molecule has 0 unspecified atom stereocenters. The third-order valence-corrected chi connectivity index (χ3v) is 4.35. The highest BCUT2D eigenvalue weighted by Crippen LogP contribution is 2.18. The molecule has 94 valence electrons. The molecule has 1 fully saturated rings. The van der Waals surface area contributed by atoms with Crippen LogP contribution in [-0.4, -0.2) is 28.9 Å². The van der Waals surface area contributed by atoms with E-state index in [1.807, 2.05) is 10.3 Å². The van der Waals surface area contributed by atoms with Gasteiger partial charge in [-0.05, 0) is 18.8 Å². The van der Waals surface area contributed by atoms with Crippen LogP contribution in [0, 0.1) is 5.92 Å². The van der Waals surface area contributed by atoms with Crippen LogP contribution in [0.1, 0.15) is 30.5 Å². The van der Waals surface area contributed by atoms with Gasteiger partial charge in [0.2, 0.25) is 5.91 Å². The number of alkyl halides is 1. The van der Waals surface area contributed by atoms with Crippen molar-refractivity contribution < 1.29 is 4.79 Å². The van der Waals surface area contributed by atoms with E-state index >= 15 is 0 Å². The van der Waals surface area contributed by atoms with Gasteiger partial charge in [-0.2, -0.15) is 0 Å². The zero-order chi connectivity index (χ0) is 12.3. The summed E-state index contributed by atoms with van der Waals surface area (Å²) in [6, 6.07) is 0. The van der Waals surface area contributed by atoms with Crippen molar-refractivity contribution in [2.24, 2.45) is 5.92 Å². The average molecular weight is 273 g/mol. The molecule has 0 N–H and O–H groups in total. The van der Waals surface area contributed by atoms with E-state index in [0.29, 0.717) is 12.3 Å². The van der Waals surface area contributed by atoms with Gasteiger partial charge in [0, 0.05) is 18.5 Å². The number of hydrogen-bond acceptors (Lipinski definition) is 3. The van der Waals surface area contributed by atoms with E-state index < -0.39 is 0 Å². The van der Waals surface area contributed by atoms with Crippen LogP contribution in [0.4, 0.5) is 0 Å². The van der Waals surface area contributed by atoms with Gasteiger partial charge < -0.3 is 4.90 Å². The summed E-state index contributed by atoms with van der Waals surface area (Å²) in [7, 11) is 0. The third kappa shape index (κ3) is 3.42. The molecule has 1 saturated heterocycles. The SMILES string of the molecule is CC1CCN(C(=O)Cc2nc(CCl)cs2)CC1. The van der Waals surface area contributed by atoms with Crippen LogP contribution < -0.4 is 0 Å². The number of aromatic nitrogens is 1.